The number of aryl methyl sites for hydroxylation is 2. The molecule has 0 unspecified atom stereocenters. The van der Waals surface area contributed by atoms with Crippen LogP contribution < -0.4 is 9.47 Å². The fourth-order valence-electron chi connectivity index (χ4n) is 3.72. The van der Waals surface area contributed by atoms with Gasteiger partial charge in [0.05, 0.1) is 6.54 Å². The SMILES string of the molecule is Cc1nc(C)n(C[C@H]2CCCN2Cc2cccc3c2OCCO3)n1. The van der Waals surface area contributed by atoms with Crippen molar-refractivity contribution in [2.75, 3.05) is 19.8 Å². The molecular weight excluding hydrogens is 304 g/mol. The van der Waals surface area contributed by atoms with E-state index in [1.165, 1.54) is 18.4 Å². The zero-order valence-corrected chi connectivity index (χ0v) is 14.4. The minimum atomic E-state index is 0.491. The molecule has 0 aliphatic carbocycles. The van der Waals surface area contributed by atoms with Gasteiger partial charge >= 0.3 is 0 Å². The number of hydrogen-bond acceptors (Lipinski definition) is 5. The molecule has 3 heterocycles. The Bertz CT molecular complexity index is 728. The van der Waals surface area contributed by atoms with Crippen molar-refractivity contribution in [3.63, 3.8) is 0 Å². The van der Waals surface area contributed by atoms with E-state index >= 15 is 0 Å². The van der Waals surface area contributed by atoms with E-state index in [4.69, 9.17) is 9.47 Å². The molecule has 4 rings (SSSR count). The van der Waals surface area contributed by atoms with Crippen molar-refractivity contribution < 1.29 is 9.47 Å². The lowest BCUT2D eigenvalue weighted by Crippen LogP contribution is -2.33. The van der Waals surface area contributed by atoms with Crippen LogP contribution in [0.3, 0.4) is 0 Å². The molecule has 6 nitrogen and oxygen atoms in total. The Labute approximate surface area is 142 Å². The van der Waals surface area contributed by atoms with Gasteiger partial charge in [-0.3, -0.25) is 4.90 Å². The van der Waals surface area contributed by atoms with E-state index in [2.05, 4.69) is 27.1 Å². The summed E-state index contributed by atoms with van der Waals surface area (Å²) in [4.78, 5) is 6.95. The van der Waals surface area contributed by atoms with Gasteiger partial charge in [-0.1, -0.05) is 12.1 Å². The van der Waals surface area contributed by atoms with E-state index in [0.717, 1.165) is 42.8 Å². The molecular formula is C18H24N4O2. The van der Waals surface area contributed by atoms with Gasteiger partial charge in [-0.2, -0.15) is 5.10 Å². The number of fused-ring (bicyclic) bond motifs is 1. The van der Waals surface area contributed by atoms with Crippen LogP contribution in [0.25, 0.3) is 0 Å². The highest BCUT2D eigenvalue weighted by Crippen LogP contribution is 2.35. The summed E-state index contributed by atoms with van der Waals surface area (Å²) in [7, 11) is 0. The molecule has 24 heavy (non-hydrogen) atoms. The first-order valence-corrected chi connectivity index (χ1v) is 8.70. The monoisotopic (exact) mass is 328 g/mol. The van der Waals surface area contributed by atoms with Crippen molar-refractivity contribution in [3.05, 3.63) is 35.4 Å². The van der Waals surface area contributed by atoms with Crippen molar-refractivity contribution in [2.24, 2.45) is 0 Å². The third-order valence-corrected chi connectivity index (χ3v) is 4.87. The molecule has 1 saturated heterocycles. The van der Waals surface area contributed by atoms with E-state index in [1.807, 2.05) is 24.6 Å². The molecule has 0 amide bonds. The predicted molar refractivity (Wildman–Crippen MR) is 90.4 cm³/mol. The number of likely N-dealkylation sites (tertiary alicyclic amines) is 1. The molecule has 0 saturated carbocycles. The molecule has 0 bridgehead atoms. The largest absolute Gasteiger partial charge is 0.486 e. The number of ether oxygens (including phenoxy) is 2. The molecule has 2 aliphatic heterocycles. The second-order valence-corrected chi connectivity index (χ2v) is 6.60. The van der Waals surface area contributed by atoms with E-state index in [9.17, 15) is 0 Å². The van der Waals surface area contributed by atoms with Crippen molar-refractivity contribution in [2.45, 2.75) is 45.8 Å². The molecule has 0 spiro atoms. The fourth-order valence-corrected chi connectivity index (χ4v) is 3.72. The molecule has 0 N–H and O–H groups in total. The molecule has 2 aliphatic rings. The van der Waals surface area contributed by atoms with Crippen molar-refractivity contribution in [1.82, 2.24) is 19.7 Å². The molecule has 0 radical (unpaired) electrons. The van der Waals surface area contributed by atoms with Gasteiger partial charge in [0.2, 0.25) is 0 Å². The molecule has 6 heteroatoms. The first kappa shape index (κ1) is 15.4. The Kier molecular flexibility index (Phi) is 4.14. The molecule has 1 aromatic heterocycles. The predicted octanol–water partition coefficient (Wildman–Crippen LogP) is 2.33. The lowest BCUT2D eigenvalue weighted by atomic mass is 10.1. The van der Waals surface area contributed by atoms with Crippen LogP contribution in [0.15, 0.2) is 18.2 Å². The van der Waals surface area contributed by atoms with Gasteiger partial charge in [0, 0.05) is 18.2 Å². The third kappa shape index (κ3) is 2.98. The van der Waals surface area contributed by atoms with Gasteiger partial charge in [-0.25, -0.2) is 9.67 Å². The molecule has 1 atom stereocenters. The van der Waals surface area contributed by atoms with Crippen molar-refractivity contribution in [3.8, 4) is 11.5 Å². The smallest absolute Gasteiger partial charge is 0.165 e. The summed E-state index contributed by atoms with van der Waals surface area (Å²) < 4.78 is 13.6. The zero-order valence-electron chi connectivity index (χ0n) is 14.4. The number of rotatable bonds is 4. The second-order valence-electron chi connectivity index (χ2n) is 6.60. The summed E-state index contributed by atoms with van der Waals surface area (Å²) in [5, 5.41) is 4.52. The summed E-state index contributed by atoms with van der Waals surface area (Å²) in [6.45, 7) is 8.14. The molecule has 128 valence electrons. The Morgan fingerprint density at radius 1 is 1.21 bits per heavy atom. The lowest BCUT2D eigenvalue weighted by Gasteiger charge is -2.27. The van der Waals surface area contributed by atoms with E-state index in [0.29, 0.717) is 19.3 Å². The molecule has 1 fully saturated rings. The van der Waals surface area contributed by atoms with Crippen LogP contribution >= 0.6 is 0 Å². The van der Waals surface area contributed by atoms with E-state index in [-0.39, 0.29) is 0 Å². The summed E-state index contributed by atoms with van der Waals surface area (Å²) in [6.07, 6.45) is 2.43. The van der Waals surface area contributed by atoms with Crippen LogP contribution in [0.4, 0.5) is 0 Å². The average molecular weight is 328 g/mol. The Morgan fingerprint density at radius 3 is 2.92 bits per heavy atom. The topological polar surface area (TPSA) is 52.4 Å². The lowest BCUT2D eigenvalue weighted by molar-refractivity contribution is 0.164. The van der Waals surface area contributed by atoms with Gasteiger partial charge in [-0.05, 0) is 39.3 Å². The second kappa shape index (κ2) is 6.43. The highest BCUT2D eigenvalue weighted by molar-refractivity contribution is 5.47. The maximum absolute atomic E-state index is 5.86. The Balaban J connectivity index is 1.51. The minimum Gasteiger partial charge on any atom is -0.486 e. The van der Waals surface area contributed by atoms with Crippen molar-refractivity contribution >= 4 is 0 Å². The summed E-state index contributed by atoms with van der Waals surface area (Å²) in [5.41, 5.74) is 1.21. The van der Waals surface area contributed by atoms with Crippen LogP contribution in [0.5, 0.6) is 11.5 Å². The quantitative estimate of drug-likeness (QED) is 0.862. The number of hydrogen-bond donors (Lipinski definition) is 0. The van der Waals surface area contributed by atoms with Gasteiger partial charge in [0.1, 0.15) is 24.9 Å². The maximum Gasteiger partial charge on any atom is 0.165 e. The highest BCUT2D eigenvalue weighted by atomic mass is 16.6. The average Bonchev–Trinajstić information content (AvgIpc) is 3.14. The van der Waals surface area contributed by atoms with E-state index in [1.54, 1.807) is 0 Å². The van der Waals surface area contributed by atoms with Crippen LogP contribution in [0.2, 0.25) is 0 Å². The minimum absolute atomic E-state index is 0.491. The Morgan fingerprint density at radius 2 is 2.08 bits per heavy atom. The first-order chi connectivity index (χ1) is 11.7. The Hall–Kier alpha value is -2.08. The third-order valence-electron chi connectivity index (χ3n) is 4.87. The number of para-hydroxylation sites is 1. The van der Waals surface area contributed by atoms with Crippen molar-refractivity contribution in [1.29, 1.82) is 0 Å². The fraction of sp³-hybridized carbons (Fsp3) is 0.556. The zero-order chi connectivity index (χ0) is 16.5. The normalized spacial score (nSPS) is 20.5. The summed E-state index contributed by atoms with van der Waals surface area (Å²) >= 11 is 0. The van der Waals surface area contributed by atoms with E-state index < -0.39 is 0 Å². The van der Waals surface area contributed by atoms with Gasteiger partial charge in [-0.15, -0.1) is 0 Å². The van der Waals surface area contributed by atoms with Gasteiger partial charge in [0.25, 0.3) is 0 Å². The van der Waals surface area contributed by atoms with Gasteiger partial charge < -0.3 is 9.47 Å². The van der Waals surface area contributed by atoms with Gasteiger partial charge in [0.15, 0.2) is 11.5 Å². The molecule has 1 aromatic carbocycles. The van der Waals surface area contributed by atoms with Crippen LogP contribution in [-0.2, 0) is 13.1 Å². The maximum atomic E-state index is 5.86. The standard InChI is InChI=1S/C18H24N4O2/c1-13-19-14(2)22(20-13)12-16-6-4-8-21(16)11-15-5-3-7-17-18(15)24-10-9-23-17/h3,5,7,16H,4,6,8-12H2,1-2H3/t16-/m1/s1. The number of nitrogens with zero attached hydrogens (tertiary/aromatic N) is 4. The summed E-state index contributed by atoms with van der Waals surface area (Å²) in [5.74, 6) is 3.63. The van der Waals surface area contributed by atoms with Crippen LogP contribution in [-0.4, -0.2) is 45.5 Å². The molecule has 2 aromatic rings. The van der Waals surface area contributed by atoms with Crippen LogP contribution in [0, 0.1) is 13.8 Å². The summed E-state index contributed by atoms with van der Waals surface area (Å²) in [6, 6.07) is 6.68. The number of benzene rings is 1. The van der Waals surface area contributed by atoms with Crippen LogP contribution in [0.1, 0.15) is 30.1 Å². The number of aromatic nitrogens is 3. The highest BCUT2D eigenvalue weighted by Gasteiger charge is 2.27. The first-order valence-electron chi connectivity index (χ1n) is 8.70.